The third-order valence-corrected chi connectivity index (χ3v) is 10.4. The zero-order valence-electron chi connectivity index (χ0n) is 35.8. The second kappa shape index (κ2) is 43.0. The van der Waals surface area contributed by atoms with Crippen LogP contribution in [0, 0.1) is 0 Å². The van der Waals surface area contributed by atoms with Crippen molar-refractivity contribution in [3.8, 4) is 0 Å². The van der Waals surface area contributed by atoms with Crippen molar-refractivity contribution in [3.63, 3.8) is 0 Å². The molecule has 0 aliphatic heterocycles. The van der Waals surface area contributed by atoms with Crippen LogP contribution < -0.4 is 0 Å². The van der Waals surface area contributed by atoms with Crippen LogP contribution in [-0.2, 0) is 27.9 Å². The SMILES string of the molecule is CCCCC/C=C\C/C=C\CCCCCCCCCCCCOCC(COP(=O)(O)OCC(O)CO)OC(=O)CCCCCCC/C=C\C/C=C\CCCCC. The van der Waals surface area contributed by atoms with E-state index in [1.807, 2.05) is 0 Å². The van der Waals surface area contributed by atoms with Gasteiger partial charge in [0.25, 0.3) is 0 Å². The fourth-order valence-corrected chi connectivity index (χ4v) is 6.79. The number of esters is 1. The largest absolute Gasteiger partial charge is 0.472 e. The van der Waals surface area contributed by atoms with E-state index in [2.05, 4.69) is 62.5 Å². The van der Waals surface area contributed by atoms with Crippen LogP contribution in [0.2, 0.25) is 0 Å². The molecule has 0 aliphatic rings. The lowest BCUT2D eigenvalue weighted by atomic mass is 10.1. The van der Waals surface area contributed by atoms with E-state index in [9.17, 15) is 19.4 Å². The molecule has 56 heavy (non-hydrogen) atoms. The summed E-state index contributed by atoms with van der Waals surface area (Å²) in [5.41, 5.74) is 0. The number of hydrogen-bond acceptors (Lipinski definition) is 8. The molecule has 0 aliphatic carbocycles. The normalized spacial score (nSPS) is 14.4. The first kappa shape index (κ1) is 54.4. The van der Waals surface area contributed by atoms with Crippen molar-refractivity contribution in [1.82, 2.24) is 0 Å². The van der Waals surface area contributed by atoms with Crippen molar-refractivity contribution in [3.05, 3.63) is 48.6 Å². The Hall–Kier alpha value is -1.58. The first-order chi connectivity index (χ1) is 27.3. The molecule has 0 aromatic carbocycles. The van der Waals surface area contributed by atoms with Crippen molar-refractivity contribution in [2.24, 2.45) is 0 Å². The minimum atomic E-state index is -4.52. The summed E-state index contributed by atoms with van der Waals surface area (Å²) in [5, 5.41) is 18.4. The van der Waals surface area contributed by atoms with Gasteiger partial charge in [-0.15, -0.1) is 0 Å². The molecule has 0 fully saturated rings. The van der Waals surface area contributed by atoms with E-state index in [0.717, 1.165) is 64.2 Å². The van der Waals surface area contributed by atoms with Gasteiger partial charge in [0.15, 0.2) is 0 Å². The Kier molecular flexibility index (Phi) is 41.8. The number of rotatable bonds is 43. The van der Waals surface area contributed by atoms with Crippen LogP contribution in [0.25, 0.3) is 0 Å². The Morgan fingerprint density at radius 1 is 0.554 bits per heavy atom. The van der Waals surface area contributed by atoms with E-state index in [-0.39, 0.29) is 19.6 Å². The molecule has 9 nitrogen and oxygen atoms in total. The van der Waals surface area contributed by atoms with Crippen LogP contribution in [0.15, 0.2) is 48.6 Å². The van der Waals surface area contributed by atoms with Crippen molar-refractivity contribution >= 4 is 13.8 Å². The lowest BCUT2D eigenvalue weighted by Crippen LogP contribution is -2.29. The Morgan fingerprint density at radius 2 is 0.964 bits per heavy atom. The Bertz CT molecular complexity index is 1010. The first-order valence-electron chi connectivity index (χ1n) is 22.6. The van der Waals surface area contributed by atoms with E-state index in [1.54, 1.807) is 0 Å². The van der Waals surface area contributed by atoms with Gasteiger partial charge in [-0.25, -0.2) is 4.57 Å². The van der Waals surface area contributed by atoms with Crippen LogP contribution in [0.4, 0.5) is 0 Å². The molecule has 0 radical (unpaired) electrons. The Morgan fingerprint density at radius 3 is 1.43 bits per heavy atom. The minimum Gasteiger partial charge on any atom is -0.457 e. The lowest BCUT2D eigenvalue weighted by Gasteiger charge is -2.20. The van der Waals surface area contributed by atoms with Gasteiger partial charge >= 0.3 is 13.8 Å². The first-order valence-corrected chi connectivity index (χ1v) is 24.1. The average molecular weight is 813 g/mol. The Labute approximate surface area is 343 Å². The quantitative estimate of drug-likeness (QED) is 0.0238. The summed E-state index contributed by atoms with van der Waals surface area (Å²) < 4.78 is 33.4. The van der Waals surface area contributed by atoms with E-state index < -0.39 is 39.2 Å². The number of phosphoric acid groups is 1. The summed E-state index contributed by atoms with van der Waals surface area (Å²) in [7, 11) is -4.52. The fourth-order valence-electron chi connectivity index (χ4n) is 6.00. The molecular formula is C46H85O9P. The van der Waals surface area contributed by atoms with Gasteiger partial charge in [0.05, 0.1) is 26.4 Å². The number of aliphatic hydroxyl groups is 2. The number of carbonyl (C=O) groups is 1. The molecule has 328 valence electrons. The molecule has 0 rings (SSSR count). The molecular weight excluding hydrogens is 727 g/mol. The Balaban J connectivity index is 4.15. The fraction of sp³-hybridized carbons (Fsp3) is 0.804. The van der Waals surface area contributed by atoms with Crippen LogP contribution in [-0.4, -0.2) is 66.3 Å². The monoisotopic (exact) mass is 813 g/mol. The predicted octanol–water partition coefficient (Wildman–Crippen LogP) is 12.6. The molecule has 10 heteroatoms. The number of hydrogen-bond donors (Lipinski definition) is 3. The van der Waals surface area contributed by atoms with Gasteiger partial charge in [0, 0.05) is 13.0 Å². The molecule has 0 bridgehead atoms. The van der Waals surface area contributed by atoms with E-state index >= 15 is 0 Å². The number of aliphatic hydroxyl groups excluding tert-OH is 2. The lowest BCUT2D eigenvalue weighted by molar-refractivity contribution is -0.154. The van der Waals surface area contributed by atoms with Gasteiger partial charge < -0.3 is 24.6 Å². The maximum atomic E-state index is 12.6. The highest BCUT2D eigenvalue weighted by Gasteiger charge is 2.26. The molecule has 0 saturated carbocycles. The number of ether oxygens (including phenoxy) is 2. The van der Waals surface area contributed by atoms with Gasteiger partial charge in [0.2, 0.25) is 0 Å². The van der Waals surface area contributed by atoms with Crippen molar-refractivity contribution in [2.45, 2.75) is 206 Å². The number of carbonyl (C=O) groups excluding carboxylic acids is 1. The van der Waals surface area contributed by atoms with E-state index in [4.69, 9.17) is 23.6 Å². The highest BCUT2D eigenvalue weighted by molar-refractivity contribution is 7.47. The number of allylic oxidation sites excluding steroid dienone is 8. The standard InChI is InChI=1S/C46H85O9P/c1-3-5-7-9-11-13-15-17-19-20-21-22-23-25-27-29-31-33-35-37-39-52-42-45(43-54-56(50,51)53-41-44(48)40-47)55-46(49)38-36-34-32-30-28-26-24-18-16-14-12-10-8-6-4-2/h11-14,17-19,24,44-45,47-48H,3-10,15-16,20-23,25-43H2,1-2H3,(H,50,51)/b13-11-,14-12-,19-17-,24-18-. The van der Waals surface area contributed by atoms with Crippen molar-refractivity contribution in [1.29, 1.82) is 0 Å². The molecule has 0 spiro atoms. The minimum absolute atomic E-state index is 0.0408. The highest BCUT2D eigenvalue weighted by atomic mass is 31.2. The van der Waals surface area contributed by atoms with Gasteiger partial charge in [-0.2, -0.15) is 0 Å². The second-order valence-corrected chi connectivity index (χ2v) is 16.5. The average Bonchev–Trinajstić information content (AvgIpc) is 3.19. The summed E-state index contributed by atoms with van der Waals surface area (Å²) >= 11 is 0. The topological polar surface area (TPSA) is 132 Å². The molecule has 0 amide bonds. The molecule has 0 aromatic rings. The third kappa shape index (κ3) is 42.0. The summed E-state index contributed by atoms with van der Waals surface area (Å²) in [6, 6.07) is 0. The summed E-state index contributed by atoms with van der Waals surface area (Å²) in [6.07, 6.45) is 47.8. The zero-order valence-corrected chi connectivity index (χ0v) is 36.7. The summed E-state index contributed by atoms with van der Waals surface area (Å²) in [5.74, 6) is -0.398. The van der Waals surface area contributed by atoms with Gasteiger partial charge in [-0.1, -0.05) is 159 Å². The highest BCUT2D eigenvalue weighted by Crippen LogP contribution is 2.43. The van der Waals surface area contributed by atoms with Crippen LogP contribution in [0.3, 0.4) is 0 Å². The smallest absolute Gasteiger partial charge is 0.457 e. The van der Waals surface area contributed by atoms with Crippen molar-refractivity contribution in [2.75, 3.05) is 33.0 Å². The number of unbranched alkanes of at least 4 members (excludes halogenated alkanes) is 21. The van der Waals surface area contributed by atoms with E-state index in [1.165, 1.54) is 103 Å². The maximum Gasteiger partial charge on any atom is 0.472 e. The predicted molar refractivity (Wildman–Crippen MR) is 233 cm³/mol. The van der Waals surface area contributed by atoms with Crippen LogP contribution >= 0.6 is 7.82 Å². The third-order valence-electron chi connectivity index (χ3n) is 9.49. The second-order valence-electron chi connectivity index (χ2n) is 15.1. The van der Waals surface area contributed by atoms with E-state index in [0.29, 0.717) is 13.0 Å². The van der Waals surface area contributed by atoms with Crippen LogP contribution in [0.5, 0.6) is 0 Å². The van der Waals surface area contributed by atoms with Crippen molar-refractivity contribution < 1.29 is 43.0 Å². The summed E-state index contributed by atoms with van der Waals surface area (Å²) in [4.78, 5) is 22.6. The maximum absolute atomic E-state index is 12.6. The molecule has 0 heterocycles. The zero-order chi connectivity index (χ0) is 41.1. The van der Waals surface area contributed by atoms with Gasteiger partial charge in [-0.05, 0) is 77.0 Å². The van der Waals surface area contributed by atoms with Crippen LogP contribution in [0.1, 0.15) is 194 Å². The van der Waals surface area contributed by atoms with Gasteiger partial charge in [-0.3, -0.25) is 13.8 Å². The molecule has 0 saturated heterocycles. The molecule has 3 unspecified atom stereocenters. The number of phosphoric ester groups is 1. The summed E-state index contributed by atoms with van der Waals surface area (Å²) in [6.45, 7) is 3.45. The molecule has 3 N–H and O–H groups in total. The molecule has 3 atom stereocenters. The van der Waals surface area contributed by atoms with Gasteiger partial charge in [0.1, 0.15) is 12.2 Å². The molecule has 0 aromatic heterocycles.